The second-order valence-electron chi connectivity index (χ2n) is 7.86. The van der Waals surface area contributed by atoms with E-state index in [1.165, 1.54) is 115 Å². The van der Waals surface area contributed by atoms with Crippen LogP contribution >= 0.6 is 0 Å². The van der Waals surface area contributed by atoms with Gasteiger partial charge in [-0.05, 0) is 6.42 Å². The van der Waals surface area contributed by atoms with E-state index in [1.807, 2.05) is 0 Å². The molecule has 1 heteroatoms. The van der Waals surface area contributed by atoms with Gasteiger partial charge in [0.1, 0.15) is 7.05 Å². The van der Waals surface area contributed by atoms with Crippen molar-refractivity contribution in [3.05, 3.63) is 30.1 Å². The molecular weight excluding hydrogens is 302 g/mol. The summed E-state index contributed by atoms with van der Waals surface area (Å²) in [7, 11) is 2.15. The third kappa shape index (κ3) is 13.1. The molecule has 0 atom stereocenters. The van der Waals surface area contributed by atoms with E-state index in [-0.39, 0.29) is 0 Å². The first-order chi connectivity index (χ1) is 12.3. The number of hydrogen-bond donors (Lipinski definition) is 0. The van der Waals surface area contributed by atoms with Gasteiger partial charge in [-0.3, -0.25) is 0 Å². The molecule has 0 N–H and O–H groups in total. The molecule has 0 aromatic carbocycles. The van der Waals surface area contributed by atoms with Crippen molar-refractivity contribution in [2.45, 2.75) is 116 Å². The lowest BCUT2D eigenvalue weighted by Gasteiger charge is -2.03. The second-order valence-corrected chi connectivity index (χ2v) is 7.86. The highest BCUT2D eigenvalue weighted by Gasteiger charge is 2.03. The number of hydrogen-bond acceptors (Lipinski definition) is 0. The molecule has 0 amide bonds. The molecule has 0 spiro atoms. The van der Waals surface area contributed by atoms with Gasteiger partial charge in [-0.2, -0.15) is 0 Å². The van der Waals surface area contributed by atoms with Gasteiger partial charge in [0.05, 0.1) is 0 Å². The molecule has 144 valence electrons. The van der Waals surface area contributed by atoms with Crippen LogP contribution in [0.1, 0.15) is 115 Å². The first-order valence-electron chi connectivity index (χ1n) is 11.3. The second kappa shape index (κ2) is 16.6. The smallest absolute Gasteiger partial charge is 0.181 e. The lowest BCUT2D eigenvalue weighted by atomic mass is 10.0. The fourth-order valence-corrected chi connectivity index (χ4v) is 3.67. The van der Waals surface area contributed by atoms with Gasteiger partial charge in [0, 0.05) is 18.6 Å². The van der Waals surface area contributed by atoms with E-state index < -0.39 is 0 Å². The van der Waals surface area contributed by atoms with Crippen molar-refractivity contribution in [3.8, 4) is 0 Å². The third-order valence-electron chi connectivity index (χ3n) is 5.45. The monoisotopic (exact) mass is 346 g/mol. The third-order valence-corrected chi connectivity index (χ3v) is 5.45. The highest BCUT2D eigenvalue weighted by molar-refractivity contribution is 4.96. The van der Waals surface area contributed by atoms with Gasteiger partial charge in [0.2, 0.25) is 0 Å². The Morgan fingerprint density at radius 1 is 0.600 bits per heavy atom. The number of pyridine rings is 1. The summed E-state index contributed by atoms with van der Waals surface area (Å²) in [6.07, 6.45) is 26.5. The molecule has 0 aliphatic rings. The minimum atomic E-state index is 1.23. The zero-order valence-electron chi connectivity index (χ0n) is 17.3. The topological polar surface area (TPSA) is 3.88 Å². The maximum absolute atomic E-state index is 2.30. The lowest BCUT2D eigenvalue weighted by Crippen LogP contribution is -2.32. The Balaban J connectivity index is 1.75. The van der Waals surface area contributed by atoms with Crippen LogP contribution in [0.2, 0.25) is 0 Å². The van der Waals surface area contributed by atoms with Crippen molar-refractivity contribution in [3.63, 3.8) is 0 Å². The molecule has 1 rings (SSSR count). The van der Waals surface area contributed by atoms with Gasteiger partial charge in [-0.15, -0.1) is 0 Å². The van der Waals surface area contributed by atoms with Crippen molar-refractivity contribution < 1.29 is 4.57 Å². The number of rotatable bonds is 17. The molecule has 0 aliphatic heterocycles. The van der Waals surface area contributed by atoms with Gasteiger partial charge < -0.3 is 0 Å². The number of unbranched alkanes of at least 4 members (excludes halogenated alkanes) is 15. The lowest BCUT2D eigenvalue weighted by molar-refractivity contribution is -0.679. The molecule has 1 aromatic heterocycles. The van der Waals surface area contributed by atoms with Gasteiger partial charge in [-0.1, -0.05) is 109 Å². The average Bonchev–Trinajstić information content (AvgIpc) is 2.63. The Morgan fingerprint density at radius 2 is 1.04 bits per heavy atom. The molecule has 0 radical (unpaired) electrons. The summed E-state index contributed by atoms with van der Waals surface area (Å²) in [5.74, 6) is 0. The minimum Gasteiger partial charge on any atom is -0.205 e. The van der Waals surface area contributed by atoms with Crippen LogP contribution in [-0.2, 0) is 13.5 Å². The van der Waals surface area contributed by atoms with Crippen LogP contribution in [-0.4, -0.2) is 0 Å². The standard InChI is InChI=1S/C24H44N/c1-3-4-5-6-7-8-9-10-11-12-13-14-15-16-17-18-21-24-22-19-20-23-25(24)2/h19-20,22-23H,3-18,21H2,1-2H3/q+1. The fourth-order valence-electron chi connectivity index (χ4n) is 3.67. The molecule has 1 nitrogen and oxygen atoms in total. The molecule has 1 heterocycles. The molecule has 0 aliphatic carbocycles. The Hall–Kier alpha value is -0.850. The van der Waals surface area contributed by atoms with E-state index in [4.69, 9.17) is 0 Å². The normalized spacial score (nSPS) is 11.1. The summed E-state index contributed by atoms with van der Waals surface area (Å²) < 4.78 is 2.26. The zero-order chi connectivity index (χ0) is 18.0. The van der Waals surface area contributed by atoms with Crippen molar-refractivity contribution in [1.82, 2.24) is 0 Å². The molecule has 25 heavy (non-hydrogen) atoms. The summed E-state index contributed by atoms with van der Waals surface area (Å²) in [6, 6.07) is 6.52. The van der Waals surface area contributed by atoms with Gasteiger partial charge in [-0.25, -0.2) is 4.57 Å². The van der Waals surface area contributed by atoms with E-state index in [0.717, 1.165) is 0 Å². The summed E-state index contributed by atoms with van der Waals surface area (Å²) in [4.78, 5) is 0. The van der Waals surface area contributed by atoms with E-state index in [0.29, 0.717) is 0 Å². The molecule has 1 aromatic rings. The fraction of sp³-hybridized carbons (Fsp3) is 0.792. The summed E-state index contributed by atoms with van der Waals surface area (Å²) in [5.41, 5.74) is 1.47. The van der Waals surface area contributed by atoms with Crippen molar-refractivity contribution in [1.29, 1.82) is 0 Å². The van der Waals surface area contributed by atoms with E-state index in [2.05, 4.69) is 42.9 Å². The highest BCUT2D eigenvalue weighted by atomic mass is 14.9. The Labute approximate surface area is 158 Å². The molecule has 0 bridgehead atoms. The first-order valence-corrected chi connectivity index (χ1v) is 11.3. The first kappa shape index (κ1) is 22.2. The minimum absolute atomic E-state index is 1.23. The number of aryl methyl sites for hydroxylation is 2. The van der Waals surface area contributed by atoms with Crippen LogP contribution in [0.4, 0.5) is 0 Å². The van der Waals surface area contributed by atoms with Gasteiger partial charge in [0.15, 0.2) is 11.9 Å². The Kier molecular flexibility index (Phi) is 14.7. The van der Waals surface area contributed by atoms with Crippen molar-refractivity contribution in [2.24, 2.45) is 7.05 Å². The van der Waals surface area contributed by atoms with E-state index >= 15 is 0 Å². The summed E-state index contributed by atoms with van der Waals surface area (Å²) in [5, 5.41) is 0. The van der Waals surface area contributed by atoms with Crippen LogP contribution in [0.3, 0.4) is 0 Å². The quantitative estimate of drug-likeness (QED) is 0.205. The highest BCUT2D eigenvalue weighted by Crippen LogP contribution is 2.14. The molecule has 0 saturated heterocycles. The predicted molar refractivity (Wildman–Crippen MR) is 111 cm³/mol. The summed E-state index contributed by atoms with van der Waals surface area (Å²) >= 11 is 0. The van der Waals surface area contributed by atoms with Crippen molar-refractivity contribution in [2.75, 3.05) is 0 Å². The van der Waals surface area contributed by atoms with E-state index in [9.17, 15) is 0 Å². The zero-order valence-corrected chi connectivity index (χ0v) is 17.3. The SMILES string of the molecule is CCCCCCCCCCCCCCCCCCc1cccc[n+]1C. The molecular formula is C24H44N+. The van der Waals surface area contributed by atoms with Crippen LogP contribution in [0.15, 0.2) is 24.4 Å². The van der Waals surface area contributed by atoms with Crippen LogP contribution in [0, 0.1) is 0 Å². The maximum atomic E-state index is 2.30. The molecule has 0 unspecified atom stereocenters. The van der Waals surface area contributed by atoms with Crippen LogP contribution < -0.4 is 4.57 Å². The summed E-state index contributed by atoms with van der Waals surface area (Å²) in [6.45, 7) is 2.30. The Morgan fingerprint density at radius 3 is 1.48 bits per heavy atom. The van der Waals surface area contributed by atoms with E-state index in [1.54, 1.807) is 0 Å². The number of aromatic nitrogens is 1. The number of nitrogens with zero attached hydrogens (tertiary/aromatic N) is 1. The average molecular weight is 347 g/mol. The van der Waals surface area contributed by atoms with Gasteiger partial charge in [0.25, 0.3) is 0 Å². The predicted octanol–water partition coefficient (Wildman–Crippen LogP) is 7.32. The maximum Gasteiger partial charge on any atom is 0.181 e. The van der Waals surface area contributed by atoms with Gasteiger partial charge >= 0.3 is 0 Å². The molecule has 0 fully saturated rings. The largest absolute Gasteiger partial charge is 0.205 e. The molecule has 0 saturated carbocycles. The van der Waals surface area contributed by atoms with Crippen LogP contribution in [0.5, 0.6) is 0 Å². The van der Waals surface area contributed by atoms with Crippen LogP contribution in [0.25, 0.3) is 0 Å². The van der Waals surface area contributed by atoms with Crippen molar-refractivity contribution >= 4 is 0 Å². The Bertz CT molecular complexity index is 399.